The fourth-order valence-corrected chi connectivity index (χ4v) is 4.95. The molecular weight excluding hydrogens is 450 g/mol. The highest BCUT2D eigenvalue weighted by molar-refractivity contribution is 6.46. The molecule has 5 rings (SSSR count). The predicted octanol–water partition coefficient (Wildman–Crippen LogP) is 5.33. The molecule has 0 aromatic heterocycles. The van der Waals surface area contributed by atoms with Crippen LogP contribution >= 0.6 is 11.6 Å². The summed E-state index contributed by atoms with van der Waals surface area (Å²) < 4.78 is 5.76. The summed E-state index contributed by atoms with van der Waals surface area (Å²) in [5.74, 6) is -0.729. The Morgan fingerprint density at radius 3 is 2.62 bits per heavy atom. The number of ketones is 1. The first-order valence-electron chi connectivity index (χ1n) is 11.3. The zero-order valence-corrected chi connectivity index (χ0v) is 19.5. The number of hydrogen-bond acceptors (Lipinski definition) is 4. The summed E-state index contributed by atoms with van der Waals surface area (Å²) in [5.41, 5.74) is 3.27. The van der Waals surface area contributed by atoms with E-state index in [1.165, 1.54) is 4.90 Å². The zero-order chi connectivity index (χ0) is 23.8. The van der Waals surface area contributed by atoms with Crippen molar-refractivity contribution in [2.24, 2.45) is 0 Å². The highest BCUT2D eigenvalue weighted by Crippen LogP contribution is 2.41. The second-order valence-electron chi connectivity index (χ2n) is 8.74. The van der Waals surface area contributed by atoms with Crippen LogP contribution in [-0.4, -0.2) is 34.3 Å². The van der Waals surface area contributed by atoms with Gasteiger partial charge in [-0.05, 0) is 60.4 Å². The van der Waals surface area contributed by atoms with Gasteiger partial charge in [0.25, 0.3) is 11.7 Å². The molecular formula is C28H24ClNO4. The number of carbonyl (C=O) groups excluding carboxylic acids is 2. The van der Waals surface area contributed by atoms with Crippen LogP contribution in [0.5, 0.6) is 5.75 Å². The van der Waals surface area contributed by atoms with E-state index in [9.17, 15) is 14.7 Å². The molecule has 172 valence electrons. The number of halogens is 1. The zero-order valence-electron chi connectivity index (χ0n) is 18.7. The van der Waals surface area contributed by atoms with Gasteiger partial charge in [0.1, 0.15) is 17.6 Å². The van der Waals surface area contributed by atoms with Crippen molar-refractivity contribution in [1.82, 2.24) is 4.90 Å². The van der Waals surface area contributed by atoms with E-state index in [1.54, 1.807) is 30.3 Å². The van der Waals surface area contributed by atoms with E-state index in [4.69, 9.17) is 16.3 Å². The highest BCUT2D eigenvalue weighted by Gasteiger charge is 2.46. The Bertz CT molecular complexity index is 1300. The van der Waals surface area contributed by atoms with E-state index < -0.39 is 17.7 Å². The summed E-state index contributed by atoms with van der Waals surface area (Å²) in [6.45, 7) is 2.31. The topological polar surface area (TPSA) is 66.8 Å². The van der Waals surface area contributed by atoms with Crippen molar-refractivity contribution < 1.29 is 19.4 Å². The van der Waals surface area contributed by atoms with Crippen molar-refractivity contribution in [2.45, 2.75) is 31.9 Å². The van der Waals surface area contributed by atoms with Crippen molar-refractivity contribution in [3.05, 3.63) is 106 Å². The lowest BCUT2D eigenvalue weighted by atomic mass is 9.94. The van der Waals surface area contributed by atoms with Gasteiger partial charge in [0.05, 0.1) is 11.6 Å². The molecule has 0 unspecified atom stereocenters. The maximum Gasteiger partial charge on any atom is 0.295 e. The van der Waals surface area contributed by atoms with Crippen molar-refractivity contribution in [3.63, 3.8) is 0 Å². The lowest BCUT2D eigenvalue weighted by molar-refractivity contribution is -0.139. The van der Waals surface area contributed by atoms with Crippen LogP contribution in [0.3, 0.4) is 0 Å². The molecule has 6 heteroatoms. The lowest BCUT2D eigenvalue weighted by Gasteiger charge is -2.25. The third kappa shape index (κ3) is 4.08. The Morgan fingerprint density at radius 1 is 1.06 bits per heavy atom. The summed E-state index contributed by atoms with van der Waals surface area (Å²) in [7, 11) is 0. The van der Waals surface area contributed by atoms with Gasteiger partial charge in [0.15, 0.2) is 0 Å². The van der Waals surface area contributed by atoms with Crippen LogP contribution in [0.4, 0.5) is 0 Å². The molecule has 2 atom stereocenters. The normalized spacial score (nSPS) is 20.9. The molecule has 1 N–H and O–H groups in total. The van der Waals surface area contributed by atoms with E-state index in [0.29, 0.717) is 29.1 Å². The van der Waals surface area contributed by atoms with Gasteiger partial charge in [0, 0.05) is 23.6 Å². The number of aliphatic hydroxyl groups is 1. The average Bonchev–Trinajstić information content (AvgIpc) is 3.33. The molecule has 2 aliphatic rings. The SMILES string of the molecule is C[C@@H]1Cc2cc(/C(O)=C3\C(=O)C(=O)N(CCc4ccccc4)[C@@H]3c3cccc(Cl)c3)ccc2O1. The number of benzene rings is 3. The average molecular weight is 474 g/mol. The number of fused-ring (bicyclic) bond motifs is 1. The van der Waals surface area contributed by atoms with E-state index in [2.05, 4.69) is 0 Å². The summed E-state index contributed by atoms with van der Waals surface area (Å²) in [6.07, 6.45) is 1.36. The van der Waals surface area contributed by atoms with Crippen LogP contribution < -0.4 is 4.74 Å². The van der Waals surface area contributed by atoms with Gasteiger partial charge in [-0.1, -0.05) is 54.1 Å². The maximum atomic E-state index is 13.2. The van der Waals surface area contributed by atoms with Crippen LogP contribution in [0.25, 0.3) is 5.76 Å². The standard InChI is InChI=1S/C28H24ClNO4/c1-17-14-21-15-20(10-11-23(21)34-17)26(31)24-25(19-8-5-9-22(29)16-19)30(28(33)27(24)32)13-12-18-6-3-2-4-7-18/h2-11,15-17,25,31H,12-14H2,1H3/b26-24+/t17-,25-/m1/s1. The van der Waals surface area contributed by atoms with Gasteiger partial charge in [-0.25, -0.2) is 0 Å². The third-order valence-corrected chi connectivity index (χ3v) is 6.59. The fourth-order valence-electron chi connectivity index (χ4n) is 4.75. The molecule has 1 saturated heterocycles. The molecule has 2 heterocycles. The van der Waals surface area contributed by atoms with Crippen LogP contribution in [0, 0.1) is 0 Å². The van der Waals surface area contributed by atoms with Gasteiger partial charge in [-0.15, -0.1) is 0 Å². The van der Waals surface area contributed by atoms with Gasteiger partial charge in [-0.3, -0.25) is 9.59 Å². The number of hydrogen-bond donors (Lipinski definition) is 1. The number of amides is 1. The van der Waals surface area contributed by atoms with Crippen LogP contribution in [0.2, 0.25) is 5.02 Å². The second kappa shape index (κ2) is 8.99. The monoisotopic (exact) mass is 473 g/mol. The van der Waals surface area contributed by atoms with Gasteiger partial charge >= 0.3 is 0 Å². The number of carbonyl (C=O) groups is 2. The summed E-state index contributed by atoms with van der Waals surface area (Å²) >= 11 is 6.26. The van der Waals surface area contributed by atoms with Gasteiger partial charge < -0.3 is 14.7 Å². The minimum Gasteiger partial charge on any atom is -0.507 e. The van der Waals surface area contributed by atoms with E-state index in [-0.39, 0.29) is 17.4 Å². The van der Waals surface area contributed by atoms with Crippen molar-refractivity contribution in [2.75, 3.05) is 6.54 Å². The number of aliphatic hydroxyl groups excluding tert-OH is 1. The quantitative estimate of drug-likeness (QED) is 0.309. The minimum absolute atomic E-state index is 0.0578. The van der Waals surface area contributed by atoms with Crippen LogP contribution in [-0.2, 0) is 22.4 Å². The summed E-state index contributed by atoms with van der Waals surface area (Å²) in [4.78, 5) is 27.9. The lowest BCUT2D eigenvalue weighted by Crippen LogP contribution is -2.31. The summed E-state index contributed by atoms with van der Waals surface area (Å²) in [6, 6.07) is 21.5. The first-order valence-corrected chi connectivity index (χ1v) is 11.7. The number of rotatable bonds is 5. The van der Waals surface area contributed by atoms with Crippen LogP contribution in [0.15, 0.2) is 78.4 Å². The minimum atomic E-state index is -0.731. The molecule has 3 aromatic rings. The highest BCUT2D eigenvalue weighted by atomic mass is 35.5. The molecule has 2 aliphatic heterocycles. The molecule has 0 saturated carbocycles. The Balaban J connectivity index is 1.58. The molecule has 1 amide bonds. The van der Waals surface area contributed by atoms with Crippen molar-refractivity contribution in [3.8, 4) is 5.75 Å². The largest absolute Gasteiger partial charge is 0.507 e. The molecule has 3 aromatic carbocycles. The maximum absolute atomic E-state index is 13.2. The Kier molecular flexibility index (Phi) is 5.88. The Morgan fingerprint density at radius 2 is 1.85 bits per heavy atom. The number of nitrogens with zero attached hydrogens (tertiary/aromatic N) is 1. The fraction of sp³-hybridized carbons (Fsp3) is 0.214. The predicted molar refractivity (Wildman–Crippen MR) is 131 cm³/mol. The molecule has 0 aliphatic carbocycles. The molecule has 0 bridgehead atoms. The van der Waals surface area contributed by atoms with Gasteiger partial charge in [0.2, 0.25) is 0 Å². The Labute approximate surface area is 203 Å². The number of likely N-dealkylation sites (tertiary alicyclic amines) is 1. The van der Waals surface area contributed by atoms with E-state index in [1.807, 2.05) is 49.4 Å². The summed E-state index contributed by atoms with van der Waals surface area (Å²) in [5, 5.41) is 11.8. The Hall–Kier alpha value is -3.57. The molecule has 0 spiro atoms. The first-order chi connectivity index (χ1) is 16.4. The van der Waals surface area contributed by atoms with E-state index >= 15 is 0 Å². The third-order valence-electron chi connectivity index (χ3n) is 6.36. The molecule has 5 nitrogen and oxygen atoms in total. The van der Waals surface area contributed by atoms with Crippen LogP contribution in [0.1, 0.15) is 35.2 Å². The smallest absolute Gasteiger partial charge is 0.295 e. The second-order valence-corrected chi connectivity index (χ2v) is 9.17. The molecule has 1 fully saturated rings. The molecule has 0 radical (unpaired) electrons. The number of Topliss-reactive ketones (excluding diaryl/α,β-unsaturated/α-hetero) is 1. The van der Waals surface area contributed by atoms with Crippen molar-refractivity contribution >= 4 is 29.1 Å². The molecule has 34 heavy (non-hydrogen) atoms. The first kappa shape index (κ1) is 22.2. The van der Waals surface area contributed by atoms with E-state index in [0.717, 1.165) is 23.3 Å². The van der Waals surface area contributed by atoms with Crippen molar-refractivity contribution in [1.29, 1.82) is 0 Å². The van der Waals surface area contributed by atoms with Gasteiger partial charge in [-0.2, -0.15) is 0 Å². The number of ether oxygens (including phenoxy) is 1.